The van der Waals surface area contributed by atoms with Crippen LogP contribution in [0.15, 0.2) is 18.2 Å². The molecular weight excluding hydrogens is 277 g/mol. The first kappa shape index (κ1) is 15.3. The summed E-state index contributed by atoms with van der Waals surface area (Å²) in [6.07, 6.45) is 0.681. The van der Waals surface area contributed by atoms with Crippen molar-refractivity contribution in [2.24, 2.45) is 5.73 Å². The van der Waals surface area contributed by atoms with Crippen molar-refractivity contribution in [3.8, 4) is 0 Å². The molecule has 1 aliphatic rings. The highest BCUT2D eigenvalue weighted by Crippen LogP contribution is 2.19. The van der Waals surface area contributed by atoms with Crippen LogP contribution in [0.1, 0.15) is 16.8 Å². The molecule has 1 fully saturated rings. The highest BCUT2D eigenvalue weighted by molar-refractivity contribution is 5.95. The van der Waals surface area contributed by atoms with E-state index in [1.165, 1.54) is 4.90 Å². The number of hydrogen-bond acceptors (Lipinski definition) is 4. The molecule has 0 saturated carbocycles. The molecule has 0 spiro atoms. The van der Waals surface area contributed by atoms with Crippen molar-refractivity contribution >= 4 is 24.0 Å². The summed E-state index contributed by atoms with van der Waals surface area (Å²) in [5.41, 5.74) is 5.14. The number of carbonyl (C=O) groups excluding carboxylic acids is 1. The number of nitro groups is 1. The molecule has 1 aromatic rings. The van der Waals surface area contributed by atoms with Gasteiger partial charge in [0.25, 0.3) is 11.6 Å². The SMILES string of the molecule is Cl.N[C@H]1CCN(C(=O)c2ccc([N+](=O)[O-])cc2F)C1. The van der Waals surface area contributed by atoms with E-state index in [4.69, 9.17) is 5.73 Å². The Bertz CT molecular complexity index is 512. The van der Waals surface area contributed by atoms with E-state index in [0.29, 0.717) is 19.5 Å². The van der Waals surface area contributed by atoms with Crippen LogP contribution in [0.4, 0.5) is 10.1 Å². The normalized spacial score (nSPS) is 18.0. The highest BCUT2D eigenvalue weighted by Gasteiger charge is 2.27. The minimum Gasteiger partial charge on any atom is -0.337 e. The van der Waals surface area contributed by atoms with Gasteiger partial charge in [0.05, 0.1) is 16.6 Å². The zero-order valence-corrected chi connectivity index (χ0v) is 10.7. The topological polar surface area (TPSA) is 89.5 Å². The van der Waals surface area contributed by atoms with Crippen molar-refractivity contribution in [2.75, 3.05) is 13.1 Å². The van der Waals surface area contributed by atoms with Crippen LogP contribution >= 0.6 is 12.4 Å². The summed E-state index contributed by atoms with van der Waals surface area (Å²) in [4.78, 5) is 23.2. The number of halogens is 2. The lowest BCUT2D eigenvalue weighted by Crippen LogP contribution is -2.32. The van der Waals surface area contributed by atoms with E-state index < -0.39 is 16.6 Å². The lowest BCUT2D eigenvalue weighted by atomic mass is 10.1. The van der Waals surface area contributed by atoms with E-state index >= 15 is 0 Å². The molecule has 1 heterocycles. The molecule has 0 aromatic heterocycles. The van der Waals surface area contributed by atoms with Crippen molar-refractivity contribution in [3.63, 3.8) is 0 Å². The molecular formula is C11H13ClFN3O3. The van der Waals surface area contributed by atoms with Crippen molar-refractivity contribution in [1.29, 1.82) is 0 Å². The number of nitrogens with zero attached hydrogens (tertiary/aromatic N) is 2. The molecule has 0 unspecified atom stereocenters. The van der Waals surface area contributed by atoms with Gasteiger partial charge >= 0.3 is 0 Å². The van der Waals surface area contributed by atoms with Crippen LogP contribution in [0.5, 0.6) is 0 Å². The van der Waals surface area contributed by atoms with Gasteiger partial charge in [-0.2, -0.15) is 0 Å². The van der Waals surface area contributed by atoms with Gasteiger partial charge in [0.1, 0.15) is 5.82 Å². The van der Waals surface area contributed by atoms with Gasteiger partial charge in [-0.1, -0.05) is 0 Å². The van der Waals surface area contributed by atoms with Crippen molar-refractivity contribution < 1.29 is 14.1 Å². The zero-order chi connectivity index (χ0) is 13.3. The third-order valence-electron chi connectivity index (χ3n) is 2.91. The molecule has 1 atom stereocenters. The fourth-order valence-corrected chi connectivity index (χ4v) is 1.93. The second kappa shape index (κ2) is 5.94. The van der Waals surface area contributed by atoms with Gasteiger partial charge in [-0.3, -0.25) is 14.9 Å². The van der Waals surface area contributed by atoms with E-state index in [9.17, 15) is 19.3 Å². The first-order valence-corrected chi connectivity index (χ1v) is 5.48. The summed E-state index contributed by atoms with van der Waals surface area (Å²) in [5.74, 6) is -1.36. The van der Waals surface area contributed by atoms with Gasteiger partial charge < -0.3 is 10.6 Å². The largest absolute Gasteiger partial charge is 0.337 e. The number of carbonyl (C=O) groups is 1. The molecule has 1 aliphatic heterocycles. The summed E-state index contributed by atoms with van der Waals surface area (Å²) in [5, 5.41) is 10.5. The Balaban J connectivity index is 0.00000180. The molecule has 0 radical (unpaired) electrons. The summed E-state index contributed by atoms with van der Waals surface area (Å²) in [7, 11) is 0. The Labute approximate surface area is 114 Å². The average Bonchev–Trinajstić information content (AvgIpc) is 2.74. The van der Waals surface area contributed by atoms with Crippen molar-refractivity contribution in [1.82, 2.24) is 4.90 Å². The third-order valence-corrected chi connectivity index (χ3v) is 2.91. The molecule has 1 amide bonds. The molecule has 1 aromatic carbocycles. The number of non-ortho nitro benzene ring substituents is 1. The maximum absolute atomic E-state index is 13.6. The Morgan fingerprint density at radius 3 is 2.68 bits per heavy atom. The number of hydrogen-bond donors (Lipinski definition) is 1. The van der Waals surface area contributed by atoms with Crippen molar-refractivity contribution in [2.45, 2.75) is 12.5 Å². The highest BCUT2D eigenvalue weighted by atomic mass is 35.5. The fourth-order valence-electron chi connectivity index (χ4n) is 1.93. The van der Waals surface area contributed by atoms with Crippen LogP contribution in [0.2, 0.25) is 0 Å². The molecule has 19 heavy (non-hydrogen) atoms. The average molecular weight is 290 g/mol. The molecule has 6 nitrogen and oxygen atoms in total. The van der Waals surface area contributed by atoms with Gasteiger partial charge in [0.2, 0.25) is 0 Å². The van der Waals surface area contributed by atoms with Gasteiger partial charge in [0, 0.05) is 25.2 Å². The summed E-state index contributed by atoms with van der Waals surface area (Å²) < 4.78 is 13.6. The van der Waals surface area contributed by atoms with E-state index in [0.717, 1.165) is 18.2 Å². The smallest absolute Gasteiger partial charge is 0.272 e. The summed E-state index contributed by atoms with van der Waals surface area (Å²) in [6, 6.07) is 2.92. The number of likely N-dealkylation sites (tertiary alicyclic amines) is 1. The molecule has 0 bridgehead atoms. The minimum atomic E-state index is -0.880. The lowest BCUT2D eigenvalue weighted by molar-refractivity contribution is -0.385. The number of rotatable bonds is 2. The van der Waals surface area contributed by atoms with Crippen LogP contribution in [0.3, 0.4) is 0 Å². The Kier molecular flexibility index (Phi) is 4.79. The van der Waals surface area contributed by atoms with Crippen LogP contribution in [-0.2, 0) is 0 Å². The molecule has 104 valence electrons. The van der Waals surface area contributed by atoms with Crippen LogP contribution < -0.4 is 5.73 Å². The molecule has 2 N–H and O–H groups in total. The second-order valence-corrected chi connectivity index (χ2v) is 4.22. The van der Waals surface area contributed by atoms with Gasteiger partial charge in [-0.05, 0) is 12.5 Å². The summed E-state index contributed by atoms with van der Waals surface area (Å²) in [6.45, 7) is 0.867. The monoisotopic (exact) mass is 289 g/mol. The Morgan fingerprint density at radius 2 is 2.21 bits per heavy atom. The van der Waals surface area contributed by atoms with Crippen LogP contribution in [0.25, 0.3) is 0 Å². The predicted molar refractivity (Wildman–Crippen MR) is 68.8 cm³/mol. The number of nitrogens with two attached hydrogens (primary N) is 1. The number of nitro benzene ring substituents is 1. The maximum Gasteiger partial charge on any atom is 0.272 e. The molecule has 0 aliphatic carbocycles. The second-order valence-electron chi connectivity index (χ2n) is 4.22. The van der Waals surface area contributed by atoms with Gasteiger partial charge in [0.15, 0.2) is 0 Å². The zero-order valence-electron chi connectivity index (χ0n) is 9.91. The van der Waals surface area contributed by atoms with Gasteiger partial charge in [-0.25, -0.2) is 4.39 Å². The van der Waals surface area contributed by atoms with Crippen molar-refractivity contribution in [3.05, 3.63) is 39.7 Å². The van der Waals surface area contributed by atoms with E-state index in [1.807, 2.05) is 0 Å². The quantitative estimate of drug-likeness (QED) is 0.657. The molecule has 8 heteroatoms. The molecule has 2 rings (SSSR count). The minimum absolute atomic E-state index is 0. The fraction of sp³-hybridized carbons (Fsp3) is 0.364. The maximum atomic E-state index is 13.6. The first-order valence-electron chi connectivity index (χ1n) is 5.48. The predicted octanol–water partition coefficient (Wildman–Crippen LogP) is 1.33. The van der Waals surface area contributed by atoms with E-state index in [-0.39, 0.29) is 29.7 Å². The Morgan fingerprint density at radius 1 is 1.53 bits per heavy atom. The first-order chi connectivity index (χ1) is 8.49. The molecule has 1 saturated heterocycles. The lowest BCUT2D eigenvalue weighted by Gasteiger charge is -2.15. The summed E-state index contributed by atoms with van der Waals surface area (Å²) >= 11 is 0. The van der Waals surface area contributed by atoms with E-state index in [1.54, 1.807) is 0 Å². The Hall–Kier alpha value is -1.73. The van der Waals surface area contributed by atoms with E-state index in [2.05, 4.69) is 0 Å². The number of amides is 1. The van der Waals surface area contributed by atoms with Gasteiger partial charge in [-0.15, -0.1) is 12.4 Å². The number of benzene rings is 1. The van der Waals surface area contributed by atoms with Crippen LogP contribution in [-0.4, -0.2) is 34.9 Å². The third kappa shape index (κ3) is 3.18. The van der Waals surface area contributed by atoms with Crippen LogP contribution in [0, 0.1) is 15.9 Å². The standard InChI is InChI=1S/C11H12FN3O3.ClH/c12-10-5-8(15(17)18)1-2-9(10)11(16)14-4-3-7(13)6-14;/h1-2,5,7H,3-4,6,13H2;1H/t7-;/m0./s1.